The Labute approximate surface area is 118 Å². The number of aromatic nitrogens is 4. The third-order valence-corrected chi connectivity index (χ3v) is 2.68. The van der Waals surface area contributed by atoms with Gasteiger partial charge in [0.15, 0.2) is 5.82 Å². The van der Waals surface area contributed by atoms with E-state index in [1.54, 1.807) is 6.92 Å². The molecule has 0 fully saturated rings. The number of nitrogens with zero attached hydrogens (tertiary/aromatic N) is 4. The molecule has 0 unspecified atom stereocenters. The molecule has 0 aliphatic rings. The highest BCUT2D eigenvalue weighted by Gasteiger charge is 2.31. The lowest BCUT2D eigenvalue weighted by molar-refractivity contribution is -0.137. The predicted octanol–water partition coefficient (Wildman–Crippen LogP) is 1.80. The number of H-pyrrole nitrogens is 1. The molecule has 0 saturated carbocycles. The Bertz CT molecular complexity index is 635. The van der Waals surface area contributed by atoms with Crippen LogP contribution in [0.25, 0.3) is 0 Å². The molecule has 0 bridgehead atoms. The molecule has 21 heavy (non-hydrogen) atoms. The molecule has 0 aliphatic heterocycles. The number of nitrogens with one attached hydrogen (secondary N) is 1. The van der Waals surface area contributed by atoms with Crippen molar-refractivity contribution >= 4 is 5.91 Å². The van der Waals surface area contributed by atoms with Crippen LogP contribution in [0.2, 0.25) is 0 Å². The van der Waals surface area contributed by atoms with Crippen molar-refractivity contribution in [3.05, 3.63) is 41.2 Å². The number of halogens is 3. The molecule has 2 rings (SSSR count). The molecule has 0 aliphatic carbocycles. The van der Waals surface area contributed by atoms with Gasteiger partial charge in [-0.1, -0.05) is 0 Å². The minimum atomic E-state index is -4.48. The number of carbonyl (C=O) groups excluding carboxylic acids is 1. The lowest BCUT2D eigenvalue weighted by Crippen LogP contribution is -2.27. The molecule has 2 heterocycles. The van der Waals surface area contributed by atoms with Gasteiger partial charge in [0.05, 0.1) is 12.1 Å². The van der Waals surface area contributed by atoms with Crippen molar-refractivity contribution < 1.29 is 18.0 Å². The summed E-state index contributed by atoms with van der Waals surface area (Å²) in [5.41, 5.74) is -0.968. The highest BCUT2D eigenvalue weighted by Crippen LogP contribution is 2.28. The highest BCUT2D eigenvalue weighted by atomic mass is 19.4. The second kappa shape index (κ2) is 5.51. The number of pyridine rings is 1. The van der Waals surface area contributed by atoms with Crippen molar-refractivity contribution in [3.8, 4) is 0 Å². The summed E-state index contributed by atoms with van der Waals surface area (Å²) in [6.45, 7) is 1.85. The molecule has 6 nitrogen and oxygen atoms in total. The number of hydrogen-bond donors (Lipinski definition) is 1. The first kappa shape index (κ1) is 14.9. The average molecular weight is 299 g/mol. The number of amides is 1. The topological polar surface area (TPSA) is 74.8 Å². The maximum atomic E-state index is 12.4. The minimum Gasteiger partial charge on any atom is -0.333 e. The Kier molecular flexibility index (Phi) is 3.92. The van der Waals surface area contributed by atoms with Crippen LogP contribution in [0.1, 0.15) is 27.7 Å². The van der Waals surface area contributed by atoms with Crippen LogP contribution in [0.3, 0.4) is 0 Å². The van der Waals surface area contributed by atoms with Gasteiger partial charge in [-0.25, -0.2) is 4.98 Å². The fourth-order valence-corrected chi connectivity index (χ4v) is 1.63. The summed E-state index contributed by atoms with van der Waals surface area (Å²) < 4.78 is 37.2. The first-order valence-electron chi connectivity index (χ1n) is 5.94. The van der Waals surface area contributed by atoms with E-state index >= 15 is 0 Å². The number of aromatic amines is 1. The molecule has 1 amide bonds. The molecule has 0 atom stereocenters. The normalized spacial score (nSPS) is 11.5. The van der Waals surface area contributed by atoms with Crippen molar-refractivity contribution in [1.82, 2.24) is 25.1 Å². The summed E-state index contributed by atoms with van der Waals surface area (Å²) in [6.07, 6.45) is -3.84. The standard InChI is InChI=1S/C12H12F3N5O/c1-7-17-10(19-18-7)6-20(2)11(21)9-4-3-8(5-16-9)12(13,14)15/h3-5H,6H2,1-2H3,(H,17,18,19). The van der Waals surface area contributed by atoms with Crippen molar-refractivity contribution in [2.45, 2.75) is 19.6 Å². The molecule has 0 aromatic carbocycles. The van der Waals surface area contributed by atoms with Gasteiger partial charge in [0.1, 0.15) is 11.5 Å². The summed E-state index contributed by atoms with van der Waals surface area (Å²) >= 11 is 0. The Morgan fingerprint density at radius 1 is 1.38 bits per heavy atom. The summed E-state index contributed by atoms with van der Waals surface area (Å²) in [6, 6.07) is 1.87. The molecule has 0 spiro atoms. The van der Waals surface area contributed by atoms with Crippen LogP contribution in [-0.4, -0.2) is 38.0 Å². The maximum Gasteiger partial charge on any atom is 0.417 e. The monoisotopic (exact) mass is 299 g/mol. The van der Waals surface area contributed by atoms with Crippen molar-refractivity contribution in [3.63, 3.8) is 0 Å². The summed E-state index contributed by atoms with van der Waals surface area (Å²) in [5, 5.41) is 6.52. The van der Waals surface area contributed by atoms with Gasteiger partial charge in [-0.05, 0) is 19.1 Å². The fourth-order valence-electron chi connectivity index (χ4n) is 1.63. The van der Waals surface area contributed by atoms with Crippen molar-refractivity contribution in [1.29, 1.82) is 0 Å². The second-order valence-corrected chi connectivity index (χ2v) is 4.43. The van der Waals surface area contributed by atoms with E-state index in [1.165, 1.54) is 11.9 Å². The molecule has 0 saturated heterocycles. The van der Waals surface area contributed by atoms with Gasteiger partial charge in [0, 0.05) is 13.2 Å². The summed E-state index contributed by atoms with van der Waals surface area (Å²) in [5.74, 6) is 0.514. The predicted molar refractivity (Wildman–Crippen MR) is 66.2 cm³/mol. The number of rotatable bonds is 3. The lowest BCUT2D eigenvalue weighted by atomic mass is 10.2. The SMILES string of the molecule is Cc1nc(CN(C)C(=O)c2ccc(C(F)(F)F)cn2)n[nH]1. The van der Waals surface area contributed by atoms with Crippen LogP contribution in [0.15, 0.2) is 18.3 Å². The van der Waals surface area contributed by atoms with Gasteiger partial charge in [-0.3, -0.25) is 14.9 Å². The lowest BCUT2D eigenvalue weighted by Gasteiger charge is -2.15. The van der Waals surface area contributed by atoms with E-state index in [4.69, 9.17) is 0 Å². The Morgan fingerprint density at radius 2 is 2.10 bits per heavy atom. The molecular formula is C12H12F3N5O. The first-order valence-corrected chi connectivity index (χ1v) is 5.94. The van der Waals surface area contributed by atoms with E-state index in [1.807, 2.05) is 0 Å². The Balaban J connectivity index is 2.08. The smallest absolute Gasteiger partial charge is 0.333 e. The number of hydrogen-bond acceptors (Lipinski definition) is 4. The van der Waals surface area contributed by atoms with Crippen LogP contribution in [0.4, 0.5) is 13.2 Å². The van der Waals surface area contributed by atoms with E-state index < -0.39 is 17.6 Å². The Hall–Kier alpha value is -2.45. The minimum absolute atomic E-state index is 0.0715. The molecule has 2 aromatic heterocycles. The van der Waals surface area contributed by atoms with Gasteiger partial charge in [-0.2, -0.15) is 18.3 Å². The van der Waals surface area contributed by atoms with Crippen molar-refractivity contribution in [2.24, 2.45) is 0 Å². The Morgan fingerprint density at radius 3 is 2.57 bits per heavy atom. The molecule has 112 valence electrons. The van der Waals surface area contributed by atoms with Crippen LogP contribution in [0.5, 0.6) is 0 Å². The van der Waals surface area contributed by atoms with Gasteiger partial charge in [0.25, 0.3) is 5.91 Å². The van der Waals surface area contributed by atoms with Crippen molar-refractivity contribution in [2.75, 3.05) is 7.05 Å². The van der Waals surface area contributed by atoms with Crippen LogP contribution < -0.4 is 0 Å². The molecule has 0 radical (unpaired) electrons. The van der Waals surface area contributed by atoms with Crippen LogP contribution in [-0.2, 0) is 12.7 Å². The zero-order chi connectivity index (χ0) is 15.6. The molecule has 2 aromatic rings. The zero-order valence-corrected chi connectivity index (χ0v) is 11.3. The van der Waals surface area contributed by atoms with E-state index in [0.29, 0.717) is 17.8 Å². The average Bonchev–Trinajstić information content (AvgIpc) is 2.82. The molecular weight excluding hydrogens is 287 g/mol. The van der Waals surface area contributed by atoms with E-state index in [2.05, 4.69) is 20.2 Å². The maximum absolute atomic E-state index is 12.4. The molecule has 1 N–H and O–H groups in total. The third-order valence-electron chi connectivity index (χ3n) is 2.68. The zero-order valence-electron chi connectivity index (χ0n) is 11.3. The highest BCUT2D eigenvalue weighted by molar-refractivity contribution is 5.92. The van der Waals surface area contributed by atoms with E-state index in [0.717, 1.165) is 12.1 Å². The summed E-state index contributed by atoms with van der Waals surface area (Å²) in [4.78, 5) is 20.9. The van der Waals surface area contributed by atoms with Crippen LogP contribution >= 0.6 is 0 Å². The summed E-state index contributed by atoms with van der Waals surface area (Å²) in [7, 11) is 1.49. The number of alkyl halides is 3. The van der Waals surface area contributed by atoms with Crippen LogP contribution in [0, 0.1) is 6.92 Å². The number of aryl methyl sites for hydroxylation is 1. The second-order valence-electron chi connectivity index (χ2n) is 4.43. The molecule has 9 heteroatoms. The van der Waals surface area contributed by atoms with Gasteiger partial charge in [-0.15, -0.1) is 0 Å². The van der Waals surface area contributed by atoms with Gasteiger partial charge in [0.2, 0.25) is 0 Å². The van der Waals surface area contributed by atoms with E-state index in [9.17, 15) is 18.0 Å². The van der Waals surface area contributed by atoms with Gasteiger partial charge < -0.3 is 4.90 Å². The first-order chi connectivity index (χ1) is 9.77. The quantitative estimate of drug-likeness (QED) is 0.937. The largest absolute Gasteiger partial charge is 0.417 e. The fraction of sp³-hybridized carbons (Fsp3) is 0.333. The van der Waals surface area contributed by atoms with E-state index in [-0.39, 0.29) is 12.2 Å². The van der Waals surface area contributed by atoms with Gasteiger partial charge >= 0.3 is 6.18 Å². The number of carbonyl (C=O) groups is 1. The third kappa shape index (κ3) is 3.56.